The molecular formula is C26H34O2. The molecule has 0 radical (unpaired) electrons. The molecular weight excluding hydrogens is 344 g/mol. The van der Waals surface area contributed by atoms with Crippen LogP contribution in [0.2, 0.25) is 0 Å². The van der Waals surface area contributed by atoms with Crippen molar-refractivity contribution < 1.29 is 9.53 Å². The molecule has 1 saturated carbocycles. The Morgan fingerprint density at radius 2 is 1.64 bits per heavy atom. The van der Waals surface area contributed by atoms with Crippen LogP contribution in [0.5, 0.6) is 0 Å². The first-order valence-electron chi connectivity index (χ1n) is 10.7. The Kier molecular flexibility index (Phi) is 6.59. The van der Waals surface area contributed by atoms with E-state index in [9.17, 15) is 4.79 Å². The van der Waals surface area contributed by atoms with E-state index in [1.807, 2.05) is 18.2 Å². The summed E-state index contributed by atoms with van der Waals surface area (Å²) in [6.45, 7) is 8.98. The van der Waals surface area contributed by atoms with Crippen molar-refractivity contribution >= 4 is 5.97 Å². The van der Waals surface area contributed by atoms with Gasteiger partial charge in [0.1, 0.15) is 6.10 Å². The molecule has 4 atom stereocenters. The predicted octanol–water partition coefficient (Wildman–Crippen LogP) is 6.51. The minimum atomic E-state index is -0.0654. The first-order valence-corrected chi connectivity index (χ1v) is 10.7. The molecule has 0 spiro atoms. The standard InChI is InChI=1S/C26H34O2/c1-19-15-16-23(26(3,4)22-13-9-6-10-14-22)24(17-19)28-25(27)18-20(2)21-11-7-5-8-12-21/h5-14,19-20,23-24H,15-18H2,1-4H3/t19-,20-,23-,24-/m1/s1. The molecule has 0 N–H and O–H groups in total. The van der Waals surface area contributed by atoms with Crippen LogP contribution >= 0.6 is 0 Å². The summed E-state index contributed by atoms with van der Waals surface area (Å²) in [4.78, 5) is 12.8. The highest BCUT2D eigenvalue weighted by atomic mass is 16.5. The summed E-state index contributed by atoms with van der Waals surface area (Å²) < 4.78 is 6.14. The summed E-state index contributed by atoms with van der Waals surface area (Å²) in [6.07, 6.45) is 3.71. The van der Waals surface area contributed by atoms with Gasteiger partial charge in [-0.15, -0.1) is 0 Å². The number of hydrogen-bond donors (Lipinski definition) is 0. The number of rotatable bonds is 6. The molecule has 2 nitrogen and oxygen atoms in total. The lowest BCUT2D eigenvalue weighted by Crippen LogP contribution is -2.43. The van der Waals surface area contributed by atoms with Gasteiger partial charge in [0.2, 0.25) is 0 Å². The molecule has 1 aliphatic carbocycles. The summed E-state index contributed by atoms with van der Waals surface area (Å²) in [6, 6.07) is 20.9. The number of carbonyl (C=O) groups excluding carboxylic acids is 1. The third-order valence-electron chi connectivity index (χ3n) is 6.62. The van der Waals surface area contributed by atoms with Gasteiger partial charge in [-0.3, -0.25) is 4.79 Å². The number of hydrogen-bond acceptors (Lipinski definition) is 2. The second-order valence-corrected chi connectivity index (χ2v) is 9.16. The molecule has 0 aromatic heterocycles. The highest BCUT2D eigenvalue weighted by molar-refractivity contribution is 5.70. The molecule has 0 bridgehead atoms. The molecule has 1 aliphatic rings. The van der Waals surface area contributed by atoms with Gasteiger partial charge in [0, 0.05) is 5.92 Å². The van der Waals surface area contributed by atoms with Crippen molar-refractivity contribution in [2.75, 3.05) is 0 Å². The fourth-order valence-corrected chi connectivity index (χ4v) is 4.73. The van der Waals surface area contributed by atoms with Crippen LogP contribution in [0.25, 0.3) is 0 Å². The minimum absolute atomic E-state index is 0.00516. The topological polar surface area (TPSA) is 26.3 Å². The Morgan fingerprint density at radius 1 is 1.04 bits per heavy atom. The van der Waals surface area contributed by atoms with Crippen LogP contribution in [-0.2, 0) is 14.9 Å². The molecule has 150 valence electrons. The SMILES string of the molecule is C[C@@H]1CC[C@@H](C(C)(C)c2ccccc2)[C@H](OC(=O)C[C@@H](C)c2ccccc2)C1. The van der Waals surface area contributed by atoms with E-state index in [4.69, 9.17) is 4.74 Å². The van der Waals surface area contributed by atoms with Crippen molar-refractivity contribution in [2.24, 2.45) is 11.8 Å². The van der Waals surface area contributed by atoms with Gasteiger partial charge in [0.15, 0.2) is 0 Å². The average Bonchev–Trinajstić information content (AvgIpc) is 2.69. The zero-order valence-corrected chi connectivity index (χ0v) is 17.7. The average molecular weight is 379 g/mol. The van der Waals surface area contributed by atoms with E-state index in [1.54, 1.807) is 0 Å². The molecule has 0 saturated heterocycles. The summed E-state index contributed by atoms with van der Waals surface area (Å²) in [5.74, 6) is 1.06. The van der Waals surface area contributed by atoms with Crippen molar-refractivity contribution in [1.29, 1.82) is 0 Å². The molecule has 2 aromatic carbocycles. The van der Waals surface area contributed by atoms with Crippen molar-refractivity contribution in [3.05, 3.63) is 71.8 Å². The van der Waals surface area contributed by atoms with E-state index in [2.05, 4.69) is 70.2 Å². The van der Waals surface area contributed by atoms with Crippen LogP contribution in [0.15, 0.2) is 60.7 Å². The summed E-state index contributed by atoms with van der Waals surface area (Å²) in [7, 11) is 0. The van der Waals surface area contributed by atoms with Gasteiger partial charge in [-0.05, 0) is 41.2 Å². The van der Waals surface area contributed by atoms with Gasteiger partial charge < -0.3 is 4.74 Å². The molecule has 0 heterocycles. The first-order chi connectivity index (χ1) is 13.4. The van der Waals surface area contributed by atoms with Crippen LogP contribution in [0.3, 0.4) is 0 Å². The molecule has 0 amide bonds. The van der Waals surface area contributed by atoms with Crippen LogP contribution in [0, 0.1) is 11.8 Å². The van der Waals surface area contributed by atoms with Crippen LogP contribution in [0.4, 0.5) is 0 Å². The first kappa shape index (κ1) is 20.6. The molecule has 0 aliphatic heterocycles. The van der Waals surface area contributed by atoms with Gasteiger partial charge in [-0.1, -0.05) is 94.8 Å². The second-order valence-electron chi connectivity index (χ2n) is 9.16. The largest absolute Gasteiger partial charge is 0.462 e. The van der Waals surface area contributed by atoms with Gasteiger partial charge in [-0.2, -0.15) is 0 Å². The molecule has 0 unspecified atom stereocenters. The summed E-state index contributed by atoms with van der Waals surface area (Å²) in [5, 5.41) is 0. The second kappa shape index (κ2) is 8.94. The Morgan fingerprint density at radius 3 is 2.29 bits per heavy atom. The quantitative estimate of drug-likeness (QED) is 0.536. The van der Waals surface area contributed by atoms with Gasteiger partial charge in [0.05, 0.1) is 6.42 Å². The van der Waals surface area contributed by atoms with Crippen molar-refractivity contribution in [2.45, 2.75) is 70.8 Å². The van der Waals surface area contributed by atoms with Crippen molar-refractivity contribution in [3.63, 3.8) is 0 Å². The number of ether oxygens (including phenoxy) is 1. The van der Waals surface area contributed by atoms with E-state index >= 15 is 0 Å². The number of benzene rings is 2. The third kappa shape index (κ3) is 4.84. The highest BCUT2D eigenvalue weighted by Crippen LogP contribution is 2.43. The maximum Gasteiger partial charge on any atom is 0.306 e. The van der Waals surface area contributed by atoms with Gasteiger partial charge >= 0.3 is 5.97 Å². The van der Waals surface area contributed by atoms with E-state index in [0.717, 1.165) is 12.8 Å². The summed E-state index contributed by atoms with van der Waals surface area (Å²) in [5.41, 5.74) is 2.50. The fraction of sp³-hybridized carbons (Fsp3) is 0.500. The molecule has 28 heavy (non-hydrogen) atoms. The normalized spacial score (nSPS) is 23.8. The number of esters is 1. The molecule has 2 aromatic rings. The Labute approximate surface area is 170 Å². The molecule has 2 heteroatoms. The fourth-order valence-electron chi connectivity index (χ4n) is 4.73. The Balaban J connectivity index is 1.71. The minimum Gasteiger partial charge on any atom is -0.462 e. The van der Waals surface area contributed by atoms with Crippen molar-refractivity contribution in [3.8, 4) is 0 Å². The van der Waals surface area contributed by atoms with Gasteiger partial charge in [0.25, 0.3) is 0 Å². The Bertz CT molecular complexity index is 751. The molecule has 3 rings (SSSR count). The maximum atomic E-state index is 12.8. The maximum absolute atomic E-state index is 12.8. The zero-order chi connectivity index (χ0) is 20.1. The zero-order valence-electron chi connectivity index (χ0n) is 17.7. The third-order valence-corrected chi connectivity index (χ3v) is 6.62. The van der Waals surface area contributed by atoms with Crippen LogP contribution in [0.1, 0.15) is 70.4 Å². The number of carbonyl (C=O) groups is 1. The van der Waals surface area contributed by atoms with E-state index in [0.29, 0.717) is 18.3 Å². The summed E-state index contributed by atoms with van der Waals surface area (Å²) >= 11 is 0. The van der Waals surface area contributed by atoms with Gasteiger partial charge in [-0.25, -0.2) is 0 Å². The van der Waals surface area contributed by atoms with Crippen LogP contribution in [-0.4, -0.2) is 12.1 Å². The lowest BCUT2D eigenvalue weighted by molar-refractivity contribution is -0.157. The lowest BCUT2D eigenvalue weighted by Gasteiger charge is -2.44. The highest BCUT2D eigenvalue weighted by Gasteiger charge is 2.42. The Hall–Kier alpha value is -2.09. The van der Waals surface area contributed by atoms with E-state index in [1.165, 1.54) is 17.5 Å². The molecule has 1 fully saturated rings. The van der Waals surface area contributed by atoms with Crippen molar-refractivity contribution in [1.82, 2.24) is 0 Å². The van der Waals surface area contributed by atoms with E-state index in [-0.39, 0.29) is 23.4 Å². The smallest absolute Gasteiger partial charge is 0.306 e. The monoisotopic (exact) mass is 378 g/mol. The predicted molar refractivity (Wildman–Crippen MR) is 115 cm³/mol. The van der Waals surface area contributed by atoms with Crippen LogP contribution < -0.4 is 0 Å². The lowest BCUT2D eigenvalue weighted by atomic mass is 9.64. The van der Waals surface area contributed by atoms with E-state index < -0.39 is 0 Å².